The number of rotatable bonds is 5. The topological polar surface area (TPSA) is 47.6 Å². The summed E-state index contributed by atoms with van der Waals surface area (Å²) in [5.74, 6) is 0.00696. The number of ether oxygens (including phenoxy) is 2. The van der Waals surface area contributed by atoms with Gasteiger partial charge in [-0.15, -0.1) is 11.6 Å². The molecule has 3 atom stereocenters. The van der Waals surface area contributed by atoms with Crippen molar-refractivity contribution in [3.05, 3.63) is 0 Å². The fourth-order valence-corrected chi connectivity index (χ4v) is 1.80. The van der Waals surface area contributed by atoms with Gasteiger partial charge in [0.2, 0.25) is 5.91 Å². The van der Waals surface area contributed by atoms with E-state index in [1.54, 1.807) is 7.11 Å². The zero-order chi connectivity index (χ0) is 11.3. The van der Waals surface area contributed by atoms with Crippen LogP contribution in [-0.2, 0) is 14.3 Å². The third-order valence-electron chi connectivity index (χ3n) is 2.41. The molecule has 0 bridgehead atoms. The maximum absolute atomic E-state index is 11.6. The van der Waals surface area contributed by atoms with Gasteiger partial charge in [-0.3, -0.25) is 4.79 Å². The molecular weight excluding hydrogens is 218 g/mol. The lowest BCUT2D eigenvalue weighted by Crippen LogP contribution is -2.36. The number of hydrogen-bond donors (Lipinski definition) is 1. The Morgan fingerprint density at radius 3 is 3.00 bits per heavy atom. The summed E-state index contributed by atoms with van der Waals surface area (Å²) in [6.07, 6.45) is 0.981. The molecule has 1 amide bonds. The molecule has 1 fully saturated rings. The Balaban J connectivity index is 2.18. The van der Waals surface area contributed by atoms with Crippen molar-refractivity contribution < 1.29 is 14.3 Å². The Hall–Kier alpha value is -0.320. The van der Waals surface area contributed by atoms with Gasteiger partial charge in [-0.05, 0) is 13.3 Å². The highest BCUT2D eigenvalue weighted by Crippen LogP contribution is 2.18. The molecule has 4 nitrogen and oxygen atoms in total. The molecule has 1 N–H and O–H groups in total. The highest BCUT2D eigenvalue weighted by atomic mass is 35.5. The summed E-state index contributed by atoms with van der Waals surface area (Å²) >= 11 is 5.89. The summed E-state index contributed by atoms with van der Waals surface area (Å²) in [5.41, 5.74) is 0. The molecule has 0 radical (unpaired) electrons. The fraction of sp³-hybridized carbons (Fsp3) is 0.900. The lowest BCUT2D eigenvalue weighted by Gasteiger charge is -2.12. The van der Waals surface area contributed by atoms with Crippen molar-refractivity contribution in [3.8, 4) is 0 Å². The smallest absolute Gasteiger partial charge is 0.225 e. The van der Waals surface area contributed by atoms with Crippen LogP contribution in [0.25, 0.3) is 0 Å². The Kier molecular flexibility index (Phi) is 5.36. The second-order valence-corrected chi connectivity index (χ2v) is 4.49. The minimum Gasteiger partial charge on any atom is -0.383 e. The van der Waals surface area contributed by atoms with Crippen molar-refractivity contribution in [2.24, 2.45) is 5.92 Å². The van der Waals surface area contributed by atoms with Crippen LogP contribution in [0.15, 0.2) is 0 Å². The first-order valence-electron chi connectivity index (χ1n) is 5.15. The molecule has 0 aromatic carbocycles. The molecule has 88 valence electrons. The first-order valence-corrected chi connectivity index (χ1v) is 5.59. The second-order valence-electron chi connectivity index (χ2n) is 3.87. The highest BCUT2D eigenvalue weighted by Gasteiger charge is 2.28. The van der Waals surface area contributed by atoms with E-state index in [4.69, 9.17) is 21.1 Å². The van der Waals surface area contributed by atoms with Crippen LogP contribution in [0.2, 0.25) is 0 Å². The standard InChI is InChI=1S/C10H18ClNO3/c1-7-3-8(5-15-7)10(13)12-4-9(11)6-14-2/h7-9H,3-6H2,1-2H3,(H,12,13). The number of amides is 1. The van der Waals surface area contributed by atoms with Gasteiger partial charge in [-0.2, -0.15) is 0 Å². The van der Waals surface area contributed by atoms with E-state index in [0.29, 0.717) is 19.8 Å². The van der Waals surface area contributed by atoms with Crippen LogP contribution in [0.4, 0.5) is 0 Å². The number of carbonyl (C=O) groups is 1. The number of carbonyl (C=O) groups excluding carboxylic acids is 1. The predicted octanol–water partition coefficient (Wildman–Crippen LogP) is 0.781. The summed E-state index contributed by atoms with van der Waals surface area (Å²) < 4.78 is 10.2. The van der Waals surface area contributed by atoms with Crippen molar-refractivity contribution in [2.75, 3.05) is 26.9 Å². The third kappa shape index (κ3) is 4.36. The number of halogens is 1. The van der Waals surface area contributed by atoms with Gasteiger partial charge in [0.25, 0.3) is 0 Å². The Bertz CT molecular complexity index is 213. The maximum atomic E-state index is 11.6. The summed E-state index contributed by atoms with van der Waals surface area (Å²) in [4.78, 5) is 11.6. The predicted molar refractivity (Wildman–Crippen MR) is 58.0 cm³/mol. The zero-order valence-electron chi connectivity index (χ0n) is 9.16. The molecule has 0 aromatic heterocycles. The molecule has 3 unspecified atom stereocenters. The lowest BCUT2D eigenvalue weighted by molar-refractivity contribution is -0.124. The first kappa shape index (κ1) is 12.7. The molecule has 5 heteroatoms. The van der Waals surface area contributed by atoms with Gasteiger partial charge in [0, 0.05) is 13.7 Å². The Labute approximate surface area is 95.3 Å². The van der Waals surface area contributed by atoms with Crippen molar-refractivity contribution in [1.82, 2.24) is 5.32 Å². The van der Waals surface area contributed by atoms with Crippen molar-refractivity contribution >= 4 is 17.5 Å². The molecule has 0 saturated carbocycles. The largest absolute Gasteiger partial charge is 0.383 e. The molecule has 0 aromatic rings. The quantitative estimate of drug-likeness (QED) is 0.717. The molecule has 1 saturated heterocycles. The van der Waals surface area contributed by atoms with E-state index in [1.807, 2.05) is 6.92 Å². The van der Waals surface area contributed by atoms with Gasteiger partial charge in [0.1, 0.15) is 0 Å². The minimum atomic E-state index is -0.168. The van der Waals surface area contributed by atoms with Crippen LogP contribution in [0.5, 0.6) is 0 Å². The van der Waals surface area contributed by atoms with Gasteiger partial charge in [0.15, 0.2) is 0 Å². The minimum absolute atomic E-state index is 0.0218. The van der Waals surface area contributed by atoms with E-state index in [-0.39, 0.29) is 23.3 Å². The van der Waals surface area contributed by atoms with E-state index in [9.17, 15) is 4.79 Å². The normalized spacial score (nSPS) is 27.7. The van der Waals surface area contributed by atoms with E-state index in [1.165, 1.54) is 0 Å². The molecule has 15 heavy (non-hydrogen) atoms. The van der Waals surface area contributed by atoms with Gasteiger partial charge in [-0.25, -0.2) is 0 Å². The third-order valence-corrected chi connectivity index (χ3v) is 2.69. The van der Waals surface area contributed by atoms with Crippen LogP contribution in [-0.4, -0.2) is 44.3 Å². The number of hydrogen-bond acceptors (Lipinski definition) is 3. The summed E-state index contributed by atoms with van der Waals surface area (Å²) in [6.45, 7) is 3.38. The summed E-state index contributed by atoms with van der Waals surface area (Å²) in [7, 11) is 1.59. The molecule has 1 rings (SSSR count). The van der Waals surface area contributed by atoms with Crippen LogP contribution in [0, 0.1) is 5.92 Å². The molecule has 0 aliphatic carbocycles. The van der Waals surface area contributed by atoms with Crippen LogP contribution in [0.1, 0.15) is 13.3 Å². The average Bonchev–Trinajstić information content (AvgIpc) is 2.62. The molecule has 1 aliphatic heterocycles. The van der Waals surface area contributed by atoms with Gasteiger partial charge in [-0.1, -0.05) is 0 Å². The van der Waals surface area contributed by atoms with E-state index >= 15 is 0 Å². The van der Waals surface area contributed by atoms with Gasteiger partial charge < -0.3 is 14.8 Å². The second kappa shape index (κ2) is 6.30. The fourth-order valence-electron chi connectivity index (χ4n) is 1.60. The molecular formula is C10H18ClNO3. The van der Waals surface area contributed by atoms with Crippen molar-refractivity contribution in [3.63, 3.8) is 0 Å². The molecule has 1 aliphatic rings. The maximum Gasteiger partial charge on any atom is 0.225 e. The number of alkyl halides is 1. The SMILES string of the molecule is COCC(Cl)CNC(=O)C1COC(C)C1. The van der Waals surface area contributed by atoms with Gasteiger partial charge >= 0.3 is 0 Å². The highest BCUT2D eigenvalue weighted by molar-refractivity contribution is 6.21. The lowest BCUT2D eigenvalue weighted by atomic mass is 10.1. The van der Waals surface area contributed by atoms with E-state index in [2.05, 4.69) is 5.32 Å². The Morgan fingerprint density at radius 2 is 2.47 bits per heavy atom. The van der Waals surface area contributed by atoms with Crippen LogP contribution < -0.4 is 5.32 Å². The number of methoxy groups -OCH3 is 1. The zero-order valence-corrected chi connectivity index (χ0v) is 9.92. The molecule has 0 spiro atoms. The molecule has 1 heterocycles. The van der Waals surface area contributed by atoms with Crippen molar-refractivity contribution in [1.29, 1.82) is 0 Å². The van der Waals surface area contributed by atoms with Crippen LogP contribution >= 0.6 is 11.6 Å². The monoisotopic (exact) mass is 235 g/mol. The summed E-state index contributed by atoms with van der Waals surface area (Å²) in [6, 6.07) is 0. The summed E-state index contributed by atoms with van der Waals surface area (Å²) in [5, 5.41) is 2.63. The van der Waals surface area contributed by atoms with Gasteiger partial charge in [0.05, 0.1) is 30.6 Å². The van der Waals surface area contributed by atoms with Crippen LogP contribution in [0.3, 0.4) is 0 Å². The first-order chi connectivity index (χ1) is 7.13. The van der Waals surface area contributed by atoms with E-state index in [0.717, 1.165) is 6.42 Å². The van der Waals surface area contributed by atoms with E-state index < -0.39 is 0 Å². The number of nitrogens with one attached hydrogen (secondary N) is 1. The average molecular weight is 236 g/mol. The Morgan fingerprint density at radius 1 is 1.73 bits per heavy atom. The van der Waals surface area contributed by atoms with Crippen molar-refractivity contribution in [2.45, 2.75) is 24.8 Å².